The van der Waals surface area contributed by atoms with E-state index in [1.54, 1.807) is 30.2 Å². The van der Waals surface area contributed by atoms with E-state index in [1.807, 2.05) is 18.4 Å². The number of morpholine rings is 1. The van der Waals surface area contributed by atoms with Gasteiger partial charge in [-0.2, -0.15) is 0 Å². The lowest BCUT2D eigenvalue weighted by Gasteiger charge is -2.27. The molecule has 10 heteroatoms. The van der Waals surface area contributed by atoms with Crippen molar-refractivity contribution in [2.24, 2.45) is 0 Å². The molecule has 0 atom stereocenters. The largest absolute Gasteiger partial charge is 0.493 e. The summed E-state index contributed by atoms with van der Waals surface area (Å²) < 4.78 is 44.2. The fraction of sp³-hybridized carbons (Fsp3) is 0.381. The van der Waals surface area contributed by atoms with E-state index in [1.165, 1.54) is 23.9 Å². The van der Waals surface area contributed by atoms with Crippen LogP contribution in [0.1, 0.15) is 10.4 Å². The second-order valence-corrected chi connectivity index (χ2v) is 9.28. The van der Waals surface area contributed by atoms with Gasteiger partial charge in [-0.05, 0) is 36.6 Å². The van der Waals surface area contributed by atoms with Gasteiger partial charge in [0.05, 0.1) is 30.8 Å². The Morgan fingerprint density at radius 1 is 1.16 bits per heavy atom. The van der Waals surface area contributed by atoms with E-state index in [-0.39, 0.29) is 24.0 Å². The van der Waals surface area contributed by atoms with Crippen LogP contribution in [0.15, 0.2) is 52.3 Å². The molecule has 168 valence electrons. The van der Waals surface area contributed by atoms with Gasteiger partial charge in [-0.1, -0.05) is 12.1 Å². The van der Waals surface area contributed by atoms with Crippen LogP contribution in [-0.2, 0) is 14.8 Å². The molecule has 0 bridgehead atoms. The molecule has 0 saturated carbocycles. The van der Waals surface area contributed by atoms with Crippen LogP contribution in [0.3, 0.4) is 0 Å². The zero-order valence-corrected chi connectivity index (χ0v) is 19.1. The standard InChI is InChI=1S/C21H26N2O6S2/c1-27-18-5-3-4-6-19(18)29-12-9-22-31(25,26)16-7-8-20(30-2)17(15-16)21(24)23-10-13-28-14-11-23/h3-8,15,22H,9-14H2,1-2H3. The van der Waals surface area contributed by atoms with Gasteiger partial charge < -0.3 is 19.1 Å². The maximum absolute atomic E-state index is 12.9. The monoisotopic (exact) mass is 466 g/mol. The smallest absolute Gasteiger partial charge is 0.255 e. The summed E-state index contributed by atoms with van der Waals surface area (Å²) in [6, 6.07) is 11.7. The summed E-state index contributed by atoms with van der Waals surface area (Å²) in [5.41, 5.74) is 0.377. The lowest BCUT2D eigenvalue weighted by atomic mass is 10.2. The average Bonchev–Trinajstić information content (AvgIpc) is 2.81. The maximum Gasteiger partial charge on any atom is 0.255 e. The van der Waals surface area contributed by atoms with Crippen LogP contribution < -0.4 is 14.2 Å². The number of carbonyl (C=O) groups is 1. The number of hydrogen-bond donors (Lipinski definition) is 1. The quantitative estimate of drug-likeness (QED) is 0.447. The Kier molecular flexibility index (Phi) is 8.19. The molecule has 31 heavy (non-hydrogen) atoms. The van der Waals surface area contributed by atoms with Gasteiger partial charge in [0.2, 0.25) is 10.0 Å². The summed E-state index contributed by atoms with van der Waals surface area (Å²) in [6.45, 7) is 2.13. The third kappa shape index (κ3) is 5.91. The molecule has 0 radical (unpaired) electrons. The Morgan fingerprint density at radius 2 is 1.87 bits per heavy atom. The van der Waals surface area contributed by atoms with Gasteiger partial charge in [-0.25, -0.2) is 13.1 Å². The number of amides is 1. The van der Waals surface area contributed by atoms with Crippen molar-refractivity contribution >= 4 is 27.7 Å². The number of hydrogen-bond acceptors (Lipinski definition) is 7. The van der Waals surface area contributed by atoms with Crippen LogP contribution in [0.5, 0.6) is 11.5 Å². The van der Waals surface area contributed by atoms with E-state index in [4.69, 9.17) is 14.2 Å². The molecule has 0 unspecified atom stereocenters. The average molecular weight is 467 g/mol. The predicted octanol–water partition coefficient (Wildman–Crippen LogP) is 2.25. The number of ether oxygens (including phenoxy) is 3. The highest BCUT2D eigenvalue weighted by atomic mass is 32.2. The van der Waals surface area contributed by atoms with Crippen molar-refractivity contribution < 1.29 is 27.4 Å². The normalized spacial score (nSPS) is 14.3. The summed E-state index contributed by atoms with van der Waals surface area (Å²) in [4.78, 5) is 15.4. The van der Waals surface area contributed by atoms with E-state index in [0.717, 1.165) is 4.90 Å². The zero-order chi connectivity index (χ0) is 22.3. The topological polar surface area (TPSA) is 94.2 Å². The molecule has 3 rings (SSSR count). The van der Waals surface area contributed by atoms with Crippen LogP contribution in [0, 0.1) is 0 Å². The molecule has 8 nitrogen and oxygen atoms in total. The first kappa shape index (κ1) is 23.4. The molecule has 0 aliphatic carbocycles. The number of nitrogens with one attached hydrogen (secondary N) is 1. The molecular formula is C21H26N2O6S2. The third-order valence-corrected chi connectivity index (χ3v) is 6.99. The van der Waals surface area contributed by atoms with Crippen LogP contribution in [-0.4, -0.2) is 72.0 Å². The number of benzene rings is 2. The van der Waals surface area contributed by atoms with Gasteiger partial charge in [0.1, 0.15) is 6.61 Å². The molecule has 0 aromatic heterocycles. The van der Waals surface area contributed by atoms with Crippen molar-refractivity contribution in [1.82, 2.24) is 9.62 Å². The Labute approximate surface area is 186 Å². The molecule has 1 fully saturated rings. The fourth-order valence-corrected chi connectivity index (χ4v) is 4.73. The van der Waals surface area contributed by atoms with Crippen molar-refractivity contribution in [1.29, 1.82) is 0 Å². The molecule has 1 aliphatic rings. The number of carbonyl (C=O) groups excluding carboxylic acids is 1. The molecule has 2 aromatic rings. The Balaban J connectivity index is 1.68. The minimum atomic E-state index is -3.81. The highest BCUT2D eigenvalue weighted by molar-refractivity contribution is 7.98. The molecule has 2 aromatic carbocycles. The van der Waals surface area contributed by atoms with Crippen molar-refractivity contribution in [3.8, 4) is 11.5 Å². The minimum absolute atomic E-state index is 0.0409. The highest BCUT2D eigenvalue weighted by Gasteiger charge is 2.24. The first-order valence-electron chi connectivity index (χ1n) is 9.77. The SMILES string of the molecule is COc1ccccc1OCCNS(=O)(=O)c1ccc(SC)c(C(=O)N2CCOCC2)c1. The molecular weight excluding hydrogens is 440 g/mol. The van der Waals surface area contributed by atoms with Crippen LogP contribution in [0.2, 0.25) is 0 Å². The lowest BCUT2D eigenvalue weighted by molar-refractivity contribution is 0.0300. The number of nitrogens with zero attached hydrogens (tertiary/aromatic N) is 1. The van der Waals surface area contributed by atoms with Crippen LogP contribution in [0.4, 0.5) is 0 Å². The second-order valence-electron chi connectivity index (χ2n) is 6.66. The van der Waals surface area contributed by atoms with Crippen LogP contribution in [0.25, 0.3) is 0 Å². The fourth-order valence-electron chi connectivity index (χ4n) is 3.12. The van der Waals surface area contributed by atoms with E-state index in [0.29, 0.717) is 43.4 Å². The lowest BCUT2D eigenvalue weighted by Crippen LogP contribution is -2.41. The number of methoxy groups -OCH3 is 1. The van der Waals surface area contributed by atoms with Crippen molar-refractivity contribution in [2.45, 2.75) is 9.79 Å². The first-order valence-corrected chi connectivity index (χ1v) is 12.5. The number of sulfonamides is 1. The third-order valence-electron chi connectivity index (χ3n) is 4.73. The summed E-state index contributed by atoms with van der Waals surface area (Å²) in [5, 5.41) is 0. The van der Waals surface area contributed by atoms with E-state index >= 15 is 0 Å². The summed E-state index contributed by atoms with van der Waals surface area (Å²) in [6.07, 6.45) is 1.85. The molecule has 1 N–H and O–H groups in total. The zero-order valence-electron chi connectivity index (χ0n) is 17.5. The van der Waals surface area contributed by atoms with Gasteiger partial charge in [0.25, 0.3) is 5.91 Å². The van der Waals surface area contributed by atoms with Gasteiger partial charge in [-0.3, -0.25) is 4.79 Å². The summed E-state index contributed by atoms with van der Waals surface area (Å²) in [7, 11) is -2.27. The molecule has 1 amide bonds. The molecule has 1 heterocycles. The van der Waals surface area contributed by atoms with Gasteiger partial charge in [0.15, 0.2) is 11.5 Å². The molecule has 1 aliphatic heterocycles. The molecule has 0 spiro atoms. The van der Waals surface area contributed by atoms with Crippen molar-refractivity contribution in [2.75, 3.05) is 52.8 Å². The molecule has 1 saturated heterocycles. The Bertz CT molecular complexity index is 1010. The van der Waals surface area contributed by atoms with Crippen LogP contribution >= 0.6 is 11.8 Å². The number of thioether (sulfide) groups is 1. The van der Waals surface area contributed by atoms with Gasteiger partial charge in [0, 0.05) is 24.5 Å². The highest BCUT2D eigenvalue weighted by Crippen LogP contribution is 2.26. The van der Waals surface area contributed by atoms with Crippen molar-refractivity contribution in [3.05, 3.63) is 48.0 Å². The first-order chi connectivity index (χ1) is 15.0. The Morgan fingerprint density at radius 3 is 2.55 bits per heavy atom. The number of rotatable bonds is 9. The number of para-hydroxylation sites is 2. The van der Waals surface area contributed by atoms with Gasteiger partial charge in [-0.15, -0.1) is 11.8 Å². The summed E-state index contributed by atoms with van der Waals surface area (Å²) in [5.74, 6) is 0.917. The second kappa shape index (κ2) is 10.9. The van der Waals surface area contributed by atoms with E-state index in [9.17, 15) is 13.2 Å². The minimum Gasteiger partial charge on any atom is -0.493 e. The predicted molar refractivity (Wildman–Crippen MR) is 119 cm³/mol. The van der Waals surface area contributed by atoms with E-state index < -0.39 is 10.0 Å². The van der Waals surface area contributed by atoms with Gasteiger partial charge >= 0.3 is 0 Å². The van der Waals surface area contributed by atoms with Crippen molar-refractivity contribution in [3.63, 3.8) is 0 Å². The maximum atomic E-state index is 12.9. The van der Waals surface area contributed by atoms with E-state index in [2.05, 4.69) is 4.72 Å². The summed E-state index contributed by atoms with van der Waals surface area (Å²) >= 11 is 1.40. The Hall–Kier alpha value is -2.27.